The maximum Gasteiger partial charge on any atom is 0.192 e. The predicted octanol–water partition coefficient (Wildman–Crippen LogP) is 3.00. The Kier molecular flexibility index (Phi) is 5.70. The molecule has 0 spiro atoms. The van der Waals surface area contributed by atoms with Crippen LogP contribution in [0.25, 0.3) is 0 Å². The number of methoxy groups -OCH3 is 1. The molecule has 3 heteroatoms. The first-order valence-electron chi connectivity index (χ1n) is 5.94. The number of carbonyl (C=O) groups excluding carboxylic acids is 1. The van der Waals surface area contributed by atoms with E-state index in [1.807, 2.05) is 19.1 Å². The molecule has 0 aliphatic rings. The first kappa shape index (κ1) is 13.7. The zero-order valence-electron chi connectivity index (χ0n) is 10.8. The average molecular weight is 236 g/mol. The van der Waals surface area contributed by atoms with Crippen LogP contribution < -0.4 is 4.74 Å². The number of hydrogen-bond acceptors (Lipinski definition) is 3. The second-order valence-corrected chi connectivity index (χ2v) is 4.03. The Morgan fingerprint density at radius 3 is 2.76 bits per heavy atom. The van der Waals surface area contributed by atoms with E-state index >= 15 is 0 Å². The van der Waals surface area contributed by atoms with E-state index < -0.39 is 0 Å². The summed E-state index contributed by atoms with van der Waals surface area (Å²) < 4.78 is 10.5. The number of rotatable bonds is 7. The van der Waals surface area contributed by atoms with Crippen molar-refractivity contribution in [2.24, 2.45) is 0 Å². The van der Waals surface area contributed by atoms with Gasteiger partial charge in [0, 0.05) is 6.61 Å². The largest absolute Gasteiger partial charge is 0.496 e. The van der Waals surface area contributed by atoms with Crippen LogP contribution in [0.15, 0.2) is 18.2 Å². The van der Waals surface area contributed by atoms with Gasteiger partial charge >= 0.3 is 0 Å². The minimum Gasteiger partial charge on any atom is -0.496 e. The molecule has 0 saturated heterocycles. The van der Waals surface area contributed by atoms with Crippen LogP contribution in [0.1, 0.15) is 35.7 Å². The van der Waals surface area contributed by atoms with Crippen LogP contribution in [0.3, 0.4) is 0 Å². The van der Waals surface area contributed by atoms with Crippen molar-refractivity contribution in [2.75, 3.05) is 20.3 Å². The molecule has 0 aromatic heterocycles. The summed E-state index contributed by atoms with van der Waals surface area (Å²) >= 11 is 0. The molecule has 0 heterocycles. The van der Waals surface area contributed by atoms with E-state index in [0.29, 0.717) is 17.9 Å². The first-order chi connectivity index (χ1) is 8.19. The molecular weight excluding hydrogens is 216 g/mol. The number of unbranched alkanes of at least 4 members (excludes halogenated alkanes) is 1. The average Bonchev–Trinajstić information content (AvgIpc) is 2.34. The van der Waals surface area contributed by atoms with Crippen molar-refractivity contribution in [3.05, 3.63) is 29.3 Å². The molecule has 17 heavy (non-hydrogen) atoms. The summed E-state index contributed by atoms with van der Waals surface area (Å²) in [6.07, 6.45) is 2.06. The molecule has 0 fully saturated rings. The van der Waals surface area contributed by atoms with Gasteiger partial charge in [-0.2, -0.15) is 0 Å². The molecule has 1 rings (SSSR count). The van der Waals surface area contributed by atoms with Crippen LogP contribution in [0, 0.1) is 6.92 Å². The van der Waals surface area contributed by atoms with Crippen LogP contribution in [0.4, 0.5) is 0 Å². The first-order valence-corrected chi connectivity index (χ1v) is 5.94. The Morgan fingerprint density at radius 2 is 2.12 bits per heavy atom. The monoisotopic (exact) mass is 236 g/mol. The van der Waals surface area contributed by atoms with Crippen LogP contribution in [-0.2, 0) is 4.74 Å². The van der Waals surface area contributed by atoms with E-state index in [9.17, 15) is 4.79 Å². The second-order valence-electron chi connectivity index (χ2n) is 4.03. The highest BCUT2D eigenvalue weighted by atomic mass is 16.5. The van der Waals surface area contributed by atoms with E-state index in [2.05, 4.69) is 6.92 Å². The Bertz CT molecular complexity index is 372. The minimum absolute atomic E-state index is 0.0297. The fourth-order valence-electron chi connectivity index (χ4n) is 1.52. The van der Waals surface area contributed by atoms with Crippen LogP contribution in [0.2, 0.25) is 0 Å². The van der Waals surface area contributed by atoms with Gasteiger partial charge in [-0.1, -0.05) is 19.4 Å². The normalized spacial score (nSPS) is 10.3. The van der Waals surface area contributed by atoms with Crippen LogP contribution in [-0.4, -0.2) is 26.1 Å². The van der Waals surface area contributed by atoms with Crippen molar-refractivity contribution in [1.29, 1.82) is 0 Å². The van der Waals surface area contributed by atoms with Crippen molar-refractivity contribution in [2.45, 2.75) is 26.7 Å². The standard InChI is InChI=1S/C14H20O3/c1-4-5-8-17-10-13(15)12-7-6-11(2)9-14(12)16-3/h6-7,9H,4-5,8,10H2,1-3H3. The molecule has 0 saturated carbocycles. The molecular formula is C14H20O3. The van der Waals surface area contributed by atoms with E-state index in [0.717, 1.165) is 18.4 Å². The smallest absolute Gasteiger partial charge is 0.192 e. The summed E-state index contributed by atoms with van der Waals surface area (Å²) in [5.41, 5.74) is 1.67. The van der Waals surface area contributed by atoms with Gasteiger partial charge in [-0.25, -0.2) is 0 Å². The molecule has 0 unspecified atom stereocenters. The second kappa shape index (κ2) is 7.07. The molecule has 3 nitrogen and oxygen atoms in total. The SMILES string of the molecule is CCCCOCC(=O)c1ccc(C)cc1OC. The zero-order chi connectivity index (χ0) is 12.7. The van der Waals surface area contributed by atoms with Crippen molar-refractivity contribution in [1.82, 2.24) is 0 Å². The van der Waals surface area contributed by atoms with Gasteiger partial charge in [-0.3, -0.25) is 4.79 Å². The van der Waals surface area contributed by atoms with Gasteiger partial charge in [0.25, 0.3) is 0 Å². The van der Waals surface area contributed by atoms with Gasteiger partial charge < -0.3 is 9.47 Å². The number of carbonyl (C=O) groups is 1. The Morgan fingerprint density at radius 1 is 1.35 bits per heavy atom. The summed E-state index contributed by atoms with van der Waals surface area (Å²) in [5, 5.41) is 0. The van der Waals surface area contributed by atoms with E-state index in [1.165, 1.54) is 0 Å². The Hall–Kier alpha value is -1.35. The maximum absolute atomic E-state index is 11.9. The van der Waals surface area contributed by atoms with Gasteiger partial charge in [0.2, 0.25) is 0 Å². The van der Waals surface area contributed by atoms with Crippen molar-refractivity contribution < 1.29 is 14.3 Å². The van der Waals surface area contributed by atoms with Crippen molar-refractivity contribution >= 4 is 5.78 Å². The topological polar surface area (TPSA) is 35.5 Å². The molecule has 0 amide bonds. The van der Waals surface area contributed by atoms with Crippen molar-refractivity contribution in [3.63, 3.8) is 0 Å². The summed E-state index contributed by atoms with van der Waals surface area (Å²) in [6.45, 7) is 4.82. The molecule has 0 aliphatic heterocycles. The molecule has 94 valence electrons. The highest BCUT2D eigenvalue weighted by Crippen LogP contribution is 2.20. The number of benzene rings is 1. The van der Waals surface area contributed by atoms with Crippen LogP contribution >= 0.6 is 0 Å². The number of hydrogen-bond donors (Lipinski definition) is 0. The molecule has 0 N–H and O–H groups in total. The fourth-order valence-corrected chi connectivity index (χ4v) is 1.52. The van der Waals surface area contributed by atoms with E-state index in [1.54, 1.807) is 13.2 Å². The van der Waals surface area contributed by atoms with Gasteiger partial charge in [0.15, 0.2) is 5.78 Å². The van der Waals surface area contributed by atoms with Crippen LogP contribution in [0.5, 0.6) is 5.75 Å². The fraction of sp³-hybridized carbons (Fsp3) is 0.500. The molecule has 0 aliphatic carbocycles. The molecule has 0 radical (unpaired) electrons. The molecule has 0 atom stereocenters. The van der Waals surface area contributed by atoms with Crippen molar-refractivity contribution in [3.8, 4) is 5.75 Å². The van der Waals surface area contributed by atoms with Gasteiger partial charge in [0.05, 0.1) is 12.7 Å². The highest BCUT2D eigenvalue weighted by Gasteiger charge is 2.12. The zero-order valence-corrected chi connectivity index (χ0v) is 10.8. The highest BCUT2D eigenvalue weighted by molar-refractivity contribution is 5.99. The number of ether oxygens (including phenoxy) is 2. The molecule has 1 aromatic carbocycles. The lowest BCUT2D eigenvalue weighted by molar-refractivity contribution is 0.0752. The van der Waals surface area contributed by atoms with Gasteiger partial charge in [-0.05, 0) is 31.0 Å². The number of Topliss-reactive ketones (excluding diaryl/α,β-unsaturated/α-hetero) is 1. The van der Waals surface area contributed by atoms with Gasteiger partial charge in [-0.15, -0.1) is 0 Å². The third kappa shape index (κ3) is 4.19. The lowest BCUT2D eigenvalue weighted by Gasteiger charge is -2.08. The van der Waals surface area contributed by atoms with Gasteiger partial charge in [0.1, 0.15) is 12.4 Å². The summed E-state index contributed by atoms with van der Waals surface area (Å²) in [5.74, 6) is 0.590. The quantitative estimate of drug-likeness (QED) is 0.539. The number of aryl methyl sites for hydroxylation is 1. The third-order valence-corrected chi connectivity index (χ3v) is 2.53. The minimum atomic E-state index is -0.0297. The maximum atomic E-state index is 11.9. The third-order valence-electron chi connectivity index (χ3n) is 2.53. The van der Waals surface area contributed by atoms with E-state index in [-0.39, 0.29) is 12.4 Å². The summed E-state index contributed by atoms with van der Waals surface area (Å²) in [4.78, 5) is 11.9. The van der Waals surface area contributed by atoms with E-state index in [4.69, 9.17) is 9.47 Å². The predicted molar refractivity (Wildman–Crippen MR) is 67.8 cm³/mol. The lowest BCUT2D eigenvalue weighted by atomic mass is 10.1. The number of ketones is 1. The lowest BCUT2D eigenvalue weighted by Crippen LogP contribution is -2.11. The molecule has 1 aromatic rings. The molecule has 0 bridgehead atoms. The summed E-state index contributed by atoms with van der Waals surface area (Å²) in [6, 6.07) is 5.56. The summed E-state index contributed by atoms with van der Waals surface area (Å²) in [7, 11) is 1.57. The Balaban J connectivity index is 2.62. The Labute approximate surface area is 103 Å².